The third-order valence-electron chi connectivity index (χ3n) is 3.84. The number of rotatable bonds is 4. The van der Waals surface area contributed by atoms with Gasteiger partial charge in [0.25, 0.3) is 0 Å². The second kappa shape index (κ2) is 6.83. The van der Waals surface area contributed by atoms with Crippen LogP contribution in [0.15, 0.2) is 18.2 Å². The van der Waals surface area contributed by atoms with Crippen LogP contribution in [0, 0.1) is 6.92 Å². The highest BCUT2D eigenvalue weighted by Gasteiger charge is 2.19. The Bertz CT molecular complexity index is 386. The first-order valence-corrected chi connectivity index (χ1v) is 8.37. The maximum atomic E-state index is 6.14. The topological polar surface area (TPSA) is 12.0 Å². The Labute approximate surface area is 120 Å². The van der Waals surface area contributed by atoms with Gasteiger partial charge in [0.2, 0.25) is 0 Å². The lowest BCUT2D eigenvalue weighted by atomic mass is 9.95. The van der Waals surface area contributed by atoms with Crippen LogP contribution in [0.3, 0.4) is 0 Å². The number of halogens is 1. The number of nitrogens with one attached hydrogen (secondary N) is 1. The van der Waals surface area contributed by atoms with Gasteiger partial charge in [-0.15, -0.1) is 0 Å². The number of hydrogen-bond donors (Lipinski definition) is 1. The third-order valence-corrected chi connectivity index (χ3v) is 5.38. The Hall–Kier alpha value is -0.180. The van der Waals surface area contributed by atoms with Crippen LogP contribution >= 0.6 is 23.4 Å². The van der Waals surface area contributed by atoms with Crippen molar-refractivity contribution in [3.05, 3.63) is 34.3 Å². The van der Waals surface area contributed by atoms with Gasteiger partial charge in [0.1, 0.15) is 0 Å². The standard InChI is InChI=1S/C15H22ClNS/c1-11-3-4-12(9-15(11)16)10-17-13-5-7-14(18-2)8-6-13/h3-4,9,13-14,17H,5-8,10H2,1-2H3. The molecule has 0 unspecified atom stereocenters. The fourth-order valence-electron chi connectivity index (χ4n) is 2.51. The third kappa shape index (κ3) is 3.91. The SMILES string of the molecule is CSC1CCC(NCc2ccc(C)c(Cl)c2)CC1. The van der Waals surface area contributed by atoms with E-state index in [1.54, 1.807) is 0 Å². The van der Waals surface area contributed by atoms with Crippen molar-refractivity contribution in [2.24, 2.45) is 0 Å². The summed E-state index contributed by atoms with van der Waals surface area (Å²) < 4.78 is 0. The molecule has 100 valence electrons. The minimum absolute atomic E-state index is 0.688. The molecule has 0 bridgehead atoms. The van der Waals surface area contributed by atoms with E-state index in [-0.39, 0.29) is 0 Å². The zero-order valence-corrected chi connectivity index (χ0v) is 12.8. The maximum Gasteiger partial charge on any atom is 0.0438 e. The van der Waals surface area contributed by atoms with Gasteiger partial charge in [-0.25, -0.2) is 0 Å². The molecule has 0 amide bonds. The summed E-state index contributed by atoms with van der Waals surface area (Å²) in [5.74, 6) is 0. The highest BCUT2D eigenvalue weighted by Crippen LogP contribution is 2.27. The summed E-state index contributed by atoms with van der Waals surface area (Å²) in [6.07, 6.45) is 7.56. The summed E-state index contributed by atoms with van der Waals surface area (Å²) >= 11 is 8.16. The van der Waals surface area contributed by atoms with E-state index < -0.39 is 0 Å². The summed E-state index contributed by atoms with van der Waals surface area (Å²) in [5.41, 5.74) is 2.44. The Kier molecular flexibility index (Phi) is 5.40. The molecule has 0 spiro atoms. The molecule has 18 heavy (non-hydrogen) atoms. The molecule has 1 fully saturated rings. The first kappa shape index (κ1) is 14.2. The second-order valence-corrected chi connectivity index (χ2v) is 6.72. The molecule has 0 atom stereocenters. The fourth-order valence-corrected chi connectivity index (χ4v) is 3.46. The molecule has 0 aliphatic heterocycles. The second-order valence-electron chi connectivity index (χ2n) is 5.17. The van der Waals surface area contributed by atoms with Gasteiger partial charge in [-0.05, 0) is 56.1 Å². The first-order valence-electron chi connectivity index (χ1n) is 6.70. The molecule has 1 aliphatic carbocycles. The van der Waals surface area contributed by atoms with E-state index in [2.05, 4.69) is 29.8 Å². The van der Waals surface area contributed by atoms with Gasteiger partial charge >= 0.3 is 0 Å². The van der Waals surface area contributed by atoms with E-state index in [0.717, 1.165) is 22.4 Å². The minimum Gasteiger partial charge on any atom is -0.310 e. The molecule has 1 aromatic carbocycles. The molecule has 1 aromatic rings. The monoisotopic (exact) mass is 283 g/mol. The smallest absolute Gasteiger partial charge is 0.0438 e. The number of thioether (sulfide) groups is 1. The van der Waals surface area contributed by atoms with E-state index in [1.807, 2.05) is 18.7 Å². The van der Waals surface area contributed by atoms with E-state index >= 15 is 0 Å². The highest BCUT2D eigenvalue weighted by molar-refractivity contribution is 7.99. The van der Waals surface area contributed by atoms with Gasteiger partial charge in [0.15, 0.2) is 0 Å². The van der Waals surface area contributed by atoms with Crippen molar-refractivity contribution < 1.29 is 0 Å². The number of hydrogen-bond acceptors (Lipinski definition) is 2. The average molecular weight is 284 g/mol. The lowest BCUT2D eigenvalue weighted by molar-refractivity contribution is 0.379. The van der Waals surface area contributed by atoms with E-state index in [9.17, 15) is 0 Å². The van der Waals surface area contributed by atoms with Crippen molar-refractivity contribution in [3.63, 3.8) is 0 Å². The molecular formula is C15H22ClNS. The summed E-state index contributed by atoms with van der Waals surface area (Å²) in [7, 11) is 0. The molecule has 1 aliphatic rings. The zero-order valence-electron chi connectivity index (χ0n) is 11.2. The van der Waals surface area contributed by atoms with Crippen LogP contribution in [0.25, 0.3) is 0 Å². The van der Waals surface area contributed by atoms with Crippen molar-refractivity contribution in [1.82, 2.24) is 5.32 Å². The van der Waals surface area contributed by atoms with Gasteiger partial charge < -0.3 is 5.32 Å². The van der Waals surface area contributed by atoms with Gasteiger partial charge in [-0.2, -0.15) is 11.8 Å². The summed E-state index contributed by atoms with van der Waals surface area (Å²) in [6.45, 7) is 2.98. The van der Waals surface area contributed by atoms with E-state index in [4.69, 9.17) is 11.6 Å². The molecule has 1 nitrogen and oxygen atoms in total. The molecule has 0 radical (unpaired) electrons. The Morgan fingerprint density at radius 2 is 2.00 bits per heavy atom. The molecular weight excluding hydrogens is 262 g/mol. The predicted molar refractivity (Wildman–Crippen MR) is 82.6 cm³/mol. The van der Waals surface area contributed by atoms with Gasteiger partial charge in [-0.3, -0.25) is 0 Å². The van der Waals surface area contributed by atoms with Crippen LogP contribution in [-0.2, 0) is 6.54 Å². The normalized spacial score (nSPS) is 24.2. The molecule has 1 N–H and O–H groups in total. The number of aryl methyl sites for hydroxylation is 1. The van der Waals surface area contributed by atoms with E-state index in [1.165, 1.54) is 31.2 Å². The van der Waals surface area contributed by atoms with Gasteiger partial charge in [-0.1, -0.05) is 23.7 Å². The summed E-state index contributed by atoms with van der Waals surface area (Å²) in [6, 6.07) is 7.04. The van der Waals surface area contributed by atoms with Crippen LogP contribution in [-0.4, -0.2) is 17.5 Å². The Morgan fingerprint density at radius 3 is 2.61 bits per heavy atom. The Morgan fingerprint density at radius 1 is 1.28 bits per heavy atom. The molecule has 1 saturated carbocycles. The predicted octanol–water partition coefficient (Wildman–Crippen LogP) is 4.41. The van der Waals surface area contributed by atoms with Gasteiger partial charge in [0.05, 0.1) is 0 Å². The zero-order chi connectivity index (χ0) is 13.0. The number of benzene rings is 1. The minimum atomic E-state index is 0.688. The lowest BCUT2D eigenvalue weighted by Gasteiger charge is -2.28. The van der Waals surface area contributed by atoms with E-state index in [0.29, 0.717) is 6.04 Å². The summed E-state index contributed by atoms with van der Waals surface area (Å²) in [5, 5.41) is 5.42. The average Bonchev–Trinajstić information content (AvgIpc) is 2.41. The first-order chi connectivity index (χ1) is 8.69. The largest absolute Gasteiger partial charge is 0.310 e. The maximum absolute atomic E-state index is 6.14. The molecule has 0 saturated heterocycles. The van der Waals surface area contributed by atoms with Crippen molar-refractivity contribution in [3.8, 4) is 0 Å². The lowest BCUT2D eigenvalue weighted by Crippen LogP contribution is -2.33. The van der Waals surface area contributed by atoms with Crippen molar-refractivity contribution in [1.29, 1.82) is 0 Å². The van der Waals surface area contributed by atoms with Crippen LogP contribution in [0.1, 0.15) is 36.8 Å². The molecule has 0 aromatic heterocycles. The molecule has 3 heteroatoms. The molecule has 2 rings (SSSR count). The Balaban J connectivity index is 1.79. The highest BCUT2D eigenvalue weighted by atomic mass is 35.5. The van der Waals surface area contributed by atoms with Crippen molar-refractivity contribution >= 4 is 23.4 Å². The quantitative estimate of drug-likeness (QED) is 0.878. The van der Waals surface area contributed by atoms with Crippen LogP contribution in [0.5, 0.6) is 0 Å². The van der Waals surface area contributed by atoms with Crippen LogP contribution in [0.2, 0.25) is 5.02 Å². The van der Waals surface area contributed by atoms with Crippen LogP contribution < -0.4 is 5.32 Å². The van der Waals surface area contributed by atoms with Crippen molar-refractivity contribution in [2.75, 3.05) is 6.26 Å². The fraction of sp³-hybridized carbons (Fsp3) is 0.600. The van der Waals surface area contributed by atoms with Crippen molar-refractivity contribution in [2.45, 2.75) is 50.4 Å². The molecule has 0 heterocycles. The van der Waals surface area contributed by atoms with Gasteiger partial charge in [0, 0.05) is 22.9 Å². The summed E-state index contributed by atoms with van der Waals surface area (Å²) in [4.78, 5) is 0. The van der Waals surface area contributed by atoms with Crippen LogP contribution in [0.4, 0.5) is 0 Å².